The number of nitrogens with one attached hydrogen (secondary N) is 1. The first-order chi connectivity index (χ1) is 11.4. The lowest BCUT2D eigenvalue weighted by Crippen LogP contribution is -2.40. The van der Waals surface area contributed by atoms with Gasteiger partial charge < -0.3 is 25.0 Å². The Balaban J connectivity index is 2.04. The molecule has 7 heteroatoms. The van der Waals surface area contributed by atoms with Gasteiger partial charge in [0.25, 0.3) is 0 Å². The highest BCUT2D eigenvalue weighted by Crippen LogP contribution is 2.20. The van der Waals surface area contributed by atoms with Gasteiger partial charge in [-0.1, -0.05) is 13.8 Å². The van der Waals surface area contributed by atoms with Crippen molar-refractivity contribution in [3.8, 4) is 0 Å². The average Bonchev–Trinajstić information content (AvgIpc) is 2.54. The maximum atomic E-state index is 11.7. The molecule has 1 rings (SSSR count). The fraction of sp³-hybridized carbons (Fsp3) is 0.882. The maximum absolute atomic E-state index is 11.7. The Hall–Kier alpha value is -1.02. The molecule has 0 radical (unpaired) electrons. The molecule has 24 heavy (non-hydrogen) atoms. The Bertz CT molecular complexity index is 387. The lowest BCUT2D eigenvalue weighted by atomic mass is 10.0. The average molecular weight is 345 g/mol. The molecule has 1 heterocycles. The highest BCUT2D eigenvalue weighted by molar-refractivity contribution is 5.80. The Morgan fingerprint density at radius 3 is 2.62 bits per heavy atom. The van der Waals surface area contributed by atoms with E-state index in [9.17, 15) is 14.7 Å². The topological polar surface area (TPSA) is 105 Å². The summed E-state index contributed by atoms with van der Waals surface area (Å²) in [5, 5.41) is 21.5. The number of unbranched alkanes of at least 4 members (excludes halogenated alkanes) is 1. The van der Waals surface area contributed by atoms with Crippen LogP contribution in [0.5, 0.6) is 0 Å². The van der Waals surface area contributed by atoms with Gasteiger partial charge in [0.15, 0.2) is 6.29 Å². The van der Waals surface area contributed by atoms with Crippen molar-refractivity contribution in [1.29, 1.82) is 0 Å². The highest BCUT2D eigenvalue weighted by atomic mass is 16.7. The first-order valence-corrected chi connectivity index (χ1v) is 8.77. The van der Waals surface area contributed by atoms with Crippen LogP contribution in [0.25, 0.3) is 0 Å². The normalized spacial score (nSPS) is 24.1. The number of ketones is 1. The smallest absolute Gasteiger partial charge is 0.220 e. The van der Waals surface area contributed by atoms with Gasteiger partial charge in [-0.25, -0.2) is 0 Å². The van der Waals surface area contributed by atoms with Crippen LogP contribution in [0.1, 0.15) is 52.4 Å². The molecule has 1 aliphatic heterocycles. The molecule has 0 aromatic rings. The molecule has 1 aliphatic rings. The van der Waals surface area contributed by atoms with Gasteiger partial charge in [-0.3, -0.25) is 9.59 Å². The molecule has 0 spiro atoms. The summed E-state index contributed by atoms with van der Waals surface area (Å²) < 4.78 is 10.9. The van der Waals surface area contributed by atoms with Crippen molar-refractivity contribution in [2.75, 3.05) is 19.8 Å². The third-order valence-electron chi connectivity index (χ3n) is 4.00. The molecule has 3 N–H and O–H groups in total. The predicted octanol–water partition coefficient (Wildman–Crippen LogP) is 0.763. The monoisotopic (exact) mass is 345 g/mol. The lowest BCUT2D eigenvalue weighted by Gasteiger charge is -2.32. The highest BCUT2D eigenvalue weighted by Gasteiger charge is 2.28. The van der Waals surface area contributed by atoms with Crippen LogP contribution in [-0.2, 0) is 19.1 Å². The number of aliphatic hydroxyl groups is 2. The Morgan fingerprint density at radius 1 is 1.25 bits per heavy atom. The van der Waals surface area contributed by atoms with E-state index in [2.05, 4.69) is 5.32 Å². The standard InChI is InChI=1S/C17H31NO6/c1-12(2)15(21)5-3-4-6-16(22)18-7-8-23-17-10-13(20)9-14(11-19)24-17/h12-14,17,19-20H,3-11H2,1-2H3,(H,18,22)/t13-,14?,17+/m0/s1. The van der Waals surface area contributed by atoms with Crippen LogP contribution in [0.2, 0.25) is 0 Å². The molecule has 7 nitrogen and oxygen atoms in total. The lowest BCUT2D eigenvalue weighted by molar-refractivity contribution is -0.220. The van der Waals surface area contributed by atoms with Crippen LogP contribution in [-0.4, -0.2) is 60.2 Å². The number of ether oxygens (including phenoxy) is 2. The molecular formula is C17H31NO6. The number of rotatable bonds is 11. The minimum absolute atomic E-state index is 0.0573. The van der Waals surface area contributed by atoms with E-state index in [-0.39, 0.29) is 30.8 Å². The fourth-order valence-electron chi connectivity index (χ4n) is 2.52. The summed E-state index contributed by atoms with van der Waals surface area (Å²) in [6.07, 6.45) is 1.65. The molecule has 0 aromatic heterocycles. The van der Waals surface area contributed by atoms with Crippen LogP contribution < -0.4 is 5.32 Å². The molecule has 1 amide bonds. The summed E-state index contributed by atoms with van der Waals surface area (Å²) in [4.78, 5) is 23.1. The number of carbonyl (C=O) groups is 2. The Labute approximate surface area is 143 Å². The number of aliphatic hydroxyl groups excluding tert-OH is 2. The summed E-state index contributed by atoms with van der Waals surface area (Å²) in [6, 6.07) is 0. The minimum Gasteiger partial charge on any atom is -0.394 e. The van der Waals surface area contributed by atoms with E-state index >= 15 is 0 Å². The largest absolute Gasteiger partial charge is 0.394 e. The van der Waals surface area contributed by atoms with Crippen molar-refractivity contribution >= 4 is 11.7 Å². The first kappa shape index (κ1) is 21.0. The van der Waals surface area contributed by atoms with Crippen LogP contribution in [0.3, 0.4) is 0 Å². The number of hydrogen-bond acceptors (Lipinski definition) is 6. The Kier molecular flexibility index (Phi) is 10.1. The molecule has 0 aliphatic carbocycles. The van der Waals surface area contributed by atoms with Gasteiger partial charge in [0.1, 0.15) is 5.78 Å². The quantitative estimate of drug-likeness (QED) is 0.478. The maximum Gasteiger partial charge on any atom is 0.220 e. The van der Waals surface area contributed by atoms with Crippen molar-refractivity contribution in [2.24, 2.45) is 5.92 Å². The summed E-state index contributed by atoms with van der Waals surface area (Å²) in [6.45, 7) is 4.27. The van der Waals surface area contributed by atoms with E-state index in [1.807, 2.05) is 13.8 Å². The number of Topliss-reactive ketones (excluding diaryl/α,β-unsaturated/α-hetero) is 1. The van der Waals surface area contributed by atoms with Gasteiger partial charge in [0.05, 0.1) is 25.4 Å². The van der Waals surface area contributed by atoms with Crippen LogP contribution in [0.15, 0.2) is 0 Å². The molecule has 140 valence electrons. The van der Waals surface area contributed by atoms with Gasteiger partial charge in [0, 0.05) is 38.1 Å². The molecular weight excluding hydrogens is 314 g/mol. The summed E-state index contributed by atoms with van der Waals surface area (Å²) in [5.74, 6) is 0.231. The van der Waals surface area contributed by atoms with E-state index in [1.165, 1.54) is 0 Å². The second kappa shape index (κ2) is 11.5. The van der Waals surface area contributed by atoms with Gasteiger partial charge in [-0.2, -0.15) is 0 Å². The predicted molar refractivity (Wildman–Crippen MR) is 88.3 cm³/mol. The van der Waals surface area contributed by atoms with Crippen LogP contribution in [0.4, 0.5) is 0 Å². The molecule has 0 saturated carbocycles. The summed E-state index contributed by atoms with van der Waals surface area (Å²) >= 11 is 0. The van der Waals surface area contributed by atoms with Crippen LogP contribution >= 0.6 is 0 Å². The Morgan fingerprint density at radius 2 is 1.96 bits per heavy atom. The first-order valence-electron chi connectivity index (χ1n) is 8.77. The van der Waals surface area contributed by atoms with Crippen molar-refractivity contribution < 1.29 is 29.3 Å². The van der Waals surface area contributed by atoms with Gasteiger partial charge in [-0.05, 0) is 12.8 Å². The molecule has 3 atom stereocenters. The summed E-state index contributed by atoms with van der Waals surface area (Å²) in [7, 11) is 0. The third kappa shape index (κ3) is 8.73. The summed E-state index contributed by atoms with van der Waals surface area (Å²) in [5.41, 5.74) is 0. The molecule has 1 saturated heterocycles. The zero-order valence-electron chi connectivity index (χ0n) is 14.7. The molecule has 0 aromatic carbocycles. The van der Waals surface area contributed by atoms with Gasteiger partial charge in [-0.15, -0.1) is 0 Å². The second-order valence-electron chi connectivity index (χ2n) is 6.54. The third-order valence-corrected chi connectivity index (χ3v) is 4.00. The van der Waals surface area contributed by atoms with Crippen molar-refractivity contribution in [2.45, 2.75) is 70.9 Å². The van der Waals surface area contributed by atoms with Crippen molar-refractivity contribution in [3.63, 3.8) is 0 Å². The van der Waals surface area contributed by atoms with Crippen molar-refractivity contribution in [3.05, 3.63) is 0 Å². The molecule has 1 unspecified atom stereocenters. The van der Waals surface area contributed by atoms with E-state index < -0.39 is 18.5 Å². The molecule has 1 fully saturated rings. The minimum atomic E-state index is -0.551. The number of carbonyl (C=O) groups excluding carboxylic acids is 2. The SMILES string of the molecule is CC(C)C(=O)CCCCC(=O)NCCO[C@H]1C[C@@H](O)CC(CO)O1. The fourth-order valence-corrected chi connectivity index (χ4v) is 2.52. The second-order valence-corrected chi connectivity index (χ2v) is 6.54. The van der Waals surface area contributed by atoms with Gasteiger partial charge >= 0.3 is 0 Å². The zero-order chi connectivity index (χ0) is 17.9. The van der Waals surface area contributed by atoms with Gasteiger partial charge in [0.2, 0.25) is 5.91 Å². The molecule has 0 bridgehead atoms. The zero-order valence-corrected chi connectivity index (χ0v) is 14.7. The van der Waals surface area contributed by atoms with E-state index in [0.29, 0.717) is 38.6 Å². The number of amides is 1. The van der Waals surface area contributed by atoms with E-state index in [0.717, 1.165) is 6.42 Å². The van der Waals surface area contributed by atoms with Crippen LogP contribution in [0, 0.1) is 5.92 Å². The van der Waals surface area contributed by atoms with E-state index in [4.69, 9.17) is 14.6 Å². The number of hydrogen-bond donors (Lipinski definition) is 3. The van der Waals surface area contributed by atoms with Crippen molar-refractivity contribution in [1.82, 2.24) is 5.32 Å². The van der Waals surface area contributed by atoms with E-state index in [1.54, 1.807) is 0 Å².